The largest absolute Gasteiger partial charge is 0.399 e. The zero-order valence-corrected chi connectivity index (χ0v) is 20.3. The number of rotatable bonds is 4. The van der Waals surface area contributed by atoms with Crippen LogP contribution < -0.4 is 15.5 Å². The molecule has 0 atom stereocenters. The fourth-order valence-electron chi connectivity index (χ4n) is 5.73. The van der Waals surface area contributed by atoms with Crippen molar-refractivity contribution in [1.29, 1.82) is 0 Å². The molecule has 6 rings (SSSR count). The number of piperidine rings is 2. The average molecular weight is 493 g/mol. The van der Waals surface area contributed by atoms with Gasteiger partial charge in [-0.25, -0.2) is 13.2 Å². The fourth-order valence-corrected chi connectivity index (χ4v) is 5.73. The van der Waals surface area contributed by atoms with Gasteiger partial charge in [0.2, 0.25) is 0 Å². The van der Waals surface area contributed by atoms with E-state index in [9.17, 15) is 8.78 Å². The molecule has 0 bridgehead atoms. The van der Waals surface area contributed by atoms with Gasteiger partial charge in [0.15, 0.2) is 0 Å². The predicted octanol–water partition coefficient (Wildman–Crippen LogP) is 6.90. The molecule has 1 spiro atoms. The van der Waals surface area contributed by atoms with Gasteiger partial charge in [0, 0.05) is 67.5 Å². The van der Waals surface area contributed by atoms with Gasteiger partial charge < -0.3 is 15.5 Å². The number of anilines is 3. The molecule has 3 heterocycles. The highest BCUT2D eigenvalue weighted by Gasteiger charge is 2.44. The molecular formula is C29H31F3N4. The highest BCUT2D eigenvalue weighted by Crippen LogP contribution is 2.54. The molecule has 2 saturated heterocycles. The molecule has 188 valence electrons. The molecule has 2 N–H and O–H groups in total. The lowest BCUT2D eigenvalue weighted by molar-refractivity contribution is -0.0220. The molecule has 1 saturated carbocycles. The van der Waals surface area contributed by atoms with Gasteiger partial charge in [0.25, 0.3) is 5.92 Å². The lowest BCUT2D eigenvalue weighted by atomic mass is 9.93. The molecule has 3 aromatic rings. The summed E-state index contributed by atoms with van der Waals surface area (Å²) in [6, 6.07) is 12.9. The molecule has 0 unspecified atom stereocenters. The van der Waals surface area contributed by atoms with Crippen LogP contribution in [-0.4, -0.2) is 37.1 Å². The number of benzene rings is 2. The molecule has 3 aliphatic rings. The van der Waals surface area contributed by atoms with E-state index >= 15 is 4.39 Å². The first-order chi connectivity index (χ1) is 17.3. The van der Waals surface area contributed by atoms with Crippen molar-refractivity contribution >= 4 is 39.9 Å². The Morgan fingerprint density at radius 2 is 1.56 bits per heavy atom. The van der Waals surface area contributed by atoms with Gasteiger partial charge in [-0.3, -0.25) is 4.98 Å². The van der Waals surface area contributed by atoms with E-state index in [1.165, 1.54) is 18.9 Å². The van der Waals surface area contributed by atoms with E-state index in [0.29, 0.717) is 22.2 Å². The third-order valence-electron chi connectivity index (χ3n) is 8.24. The van der Waals surface area contributed by atoms with Gasteiger partial charge in [-0.1, -0.05) is 6.07 Å². The summed E-state index contributed by atoms with van der Waals surface area (Å²) in [7, 11) is 0. The Kier molecular flexibility index (Phi) is 5.61. The Hall–Kier alpha value is -3.22. The maximum Gasteiger partial charge on any atom is 0.251 e. The number of nitrogens with two attached hydrogens (primary N) is 1. The van der Waals surface area contributed by atoms with Crippen molar-refractivity contribution in [1.82, 2.24) is 4.98 Å². The Bertz CT molecular complexity index is 1310. The zero-order valence-electron chi connectivity index (χ0n) is 20.3. The van der Waals surface area contributed by atoms with Crippen LogP contribution in [0, 0.1) is 5.41 Å². The first-order valence-corrected chi connectivity index (χ1v) is 12.8. The Morgan fingerprint density at radius 3 is 2.28 bits per heavy atom. The van der Waals surface area contributed by atoms with Gasteiger partial charge >= 0.3 is 0 Å². The number of alkyl halides is 2. The third kappa shape index (κ3) is 4.51. The summed E-state index contributed by atoms with van der Waals surface area (Å²) >= 11 is 0. The van der Waals surface area contributed by atoms with Crippen molar-refractivity contribution in [3.63, 3.8) is 0 Å². The number of nitrogens with zero attached hydrogens (tertiary/aromatic N) is 3. The van der Waals surface area contributed by atoms with Crippen LogP contribution in [0.4, 0.5) is 30.2 Å². The first-order valence-electron chi connectivity index (χ1n) is 12.8. The lowest BCUT2D eigenvalue weighted by Crippen LogP contribution is -2.39. The van der Waals surface area contributed by atoms with Gasteiger partial charge in [0.1, 0.15) is 5.83 Å². The minimum Gasteiger partial charge on any atom is -0.399 e. The van der Waals surface area contributed by atoms with Gasteiger partial charge in [0.05, 0.1) is 11.2 Å². The summed E-state index contributed by atoms with van der Waals surface area (Å²) in [6.45, 7) is 2.31. The zero-order chi connectivity index (χ0) is 24.9. The van der Waals surface area contributed by atoms with Crippen LogP contribution >= 0.6 is 0 Å². The minimum absolute atomic E-state index is 0.193. The summed E-state index contributed by atoms with van der Waals surface area (Å²) in [4.78, 5) is 8.71. The van der Waals surface area contributed by atoms with Gasteiger partial charge in [-0.2, -0.15) is 0 Å². The molecule has 36 heavy (non-hydrogen) atoms. The molecule has 0 radical (unpaired) electrons. The van der Waals surface area contributed by atoms with Crippen molar-refractivity contribution in [2.24, 2.45) is 5.41 Å². The van der Waals surface area contributed by atoms with Crippen LogP contribution in [0.3, 0.4) is 0 Å². The van der Waals surface area contributed by atoms with Crippen LogP contribution in [0.2, 0.25) is 0 Å². The van der Waals surface area contributed by atoms with Crippen LogP contribution in [0.1, 0.15) is 49.7 Å². The normalized spacial score (nSPS) is 21.2. The van der Waals surface area contributed by atoms with Crippen molar-refractivity contribution in [3.05, 3.63) is 59.8 Å². The predicted molar refractivity (Wildman–Crippen MR) is 141 cm³/mol. The quantitative estimate of drug-likeness (QED) is 0.318. The first kappa shape index (κ1) is 23.2. The average Bonchev–Trinajstić information content (AvgIpc) is 3.62. The Labute approximate surface area is 209 Å². The SMILES string of the molecule is Nc1ccc(/C(F)=C/c2cc(N3CCC(F)(F)CC3)c3ncccc3c2)c(N2CCC3(CC2)CC3)c1. The molecule has 2 aromatic carbocycles. The van der Waals surface area contributed by atoms with Crippen molar-refractivity contribution in [2.45, 2.75) is 44.4 Å². The second kappa shape index (κ2) is 8.71. The number of aromatic nitrogens is 1. The Balaban J connectivity index is 1.35. The molecule has 1 aromatic heterocycles. The second-order valence-electron chi connectivity index (χ2n) is 10.7. The third-order valence-corrected chi connectivity index (χ3v) is 8.24. The van der Waals surface area contributed by atoms with E-state index < -0.39 is 5.92 Å². The summed E-state index contributed by atoms with van der Waals surface area (Å²) in [5, 5.41) is 0.856. The maximum atomic E-state index is 15.9. The molecule has 7 heteroatoms. The Morgan fingerprint density at radius 1 is 0.861 bits per heavy atom. The number of hydrogen-bond donors (Lipinski definition) is 1. The summed E-state index contributed by atoms with van der Waals surface area (Å²) in [6.07, 6.45) is 7.76. The van der Waals surface area contributed by atoms with Gasteiger partial charge in [-0.05, 0) is 79.1 Å². The molecule has 0 amide bonds. The van der Waals surface area contributed by atoms with Gasteiger partial charge in [-0.15, -0.1) is 0 Å². The molecule has 4 nitrogen and oxygen atoms in total. The number of nitrogen functional groups attached to an aromatic ring is 1. The van der Waals surface area contributed by atoms with E-state index in [-0.39, 0.29) is 31.8 Å². The monoisotopic (exact) mass is 492 g/mol. The smallest absolute Gasteiger partial charge is 0.251 e. The van der Waals surface area contributed by atoms with E-state index in [4.69, 9.17) is 5.73 Å². The number of pyridine rings is 1. The van der Waals surface area contributed by atoms with E-state index in [1.54, 1.807) is 18.3 Å². The van der Waals surface area contributed by atoms with Crippen LogP contribution in [0.5, 0.6) is 0 Å². The number of fused-ring (bicyclic) bond motifs is 1. The van der Waals surface area contributed by atoms with Crippen LogP contribution in [0.15, 0.2) is 48.7 Å². The number of hydrogen-bond acceptors (Lipinski definition) is 4. The van der Waals surface area contributed by atoms with E-state index in [1.807, 2.05) is 35.2 Å². The van der Waals surface area contributed by atoms with Crippen LogP contribution in [0.25, 0.3) is 22.8 Å². The minimum atomic E-state index is -2.64. The van der Waals surface area contributed by atoms with Crippen molar-refractivity contribution in [2.75, 3.05) is 41.7 Å². The van der Waals surface area contributed by atoms with E-state index in [0.717, 1.165) is 48.2 Å². The van der Waals surface area contributed by atoms with Crippen molar-refractivity contribution in [3.8, 4) is 0 Å². The topological polar surface area (TPSA) is 45.4 Å². The highest BCUT2D eigenvalue weighted by atomic mass is 19.3. The fraction of sp³-hybridized carbons (Fsp3) is 0.414. The summed E-state index contributed by atoms with van der Waals surface area (Å²) < 4.78 is 43.5. The molecular weight excluding hydrogens is 461 g/mol. The second-order valence-corrected chi connectivity index (χ2v) is 10.7. The molecule has 1 aliphatic carbocycles. The van der Waals surface area contributed by atoms with Crippen LogP contribution in [-0.2, 0) is 0 Å². The molecule has 2 aliphatic heterocycles. The van der Waals surface area contributed by atoms with E-state index in [2.05, 4.69) is 9.88 Å². The lowest BCUT2D eigenvalue weighted by Gasteiger charge is -2.35. The highest BCUT2D eigenvalue weighted by molar-refractivity contribution is 5.95. The standard InChI is InChI=1S/C29H31F3N4/c30-24(23-4-3-22(33)19-25(23)35-12-7-28(5-6-28)8-13-35)17-20-16-21-2-1-11-34-27(21)26(18-20)36-14-9-29(31,32)10-15-36/h1-4,11,16-19H,5-10,12-15,33H2/b24-17-. The molecule has 3 fully saturated rings. The van der Waals surface area contributed by atoms with Crippen molar-refractivity contribution < 1.29 is 13.2 Å². The maximum absolute atomic E-state index is 15.9. The summed E-state index contributed by atoms with van der Waals surface area (Å²) in [5.41, 5.74) is 10.8. The number of halogens is 3. The summed E-state index contributed by atoms with van der Waals surface area (Å²) in [5.74, 6) is -2.97.